The van der Waals surface area contributed by atoms with Crippen molar-refractivity contribution in [2.24, 2.45) is 0 Å². The van der Waals surface area contributed by atoms with Crippen LogP contribution in [0.25, 0.3) is 0 Å². The van der Waals surface area contributed by atoms with Crippen LogP contribution in [0.4, 0.5) is 8.78 Å². The maximum absolute atomic E-state index is 13.4. The van der Waals surface area contributed by atoms with Crippen molar-refractivity contribution < 1.29 is 8.78 Å². The molecule has 0 aliphatic rings. The van der Waals surface area contributed by atoms with E-state index in [1.165, 1.54) is 29.0 Å². The first kappa shape index (κ1) is 11.5. The van der Waals surface area contributed by atoms with Crippen LogP contribution in [-0.4, -0.2) is 4.57 Å². The number of aryl methyl sites for hydroxylation is 1. The van der Waals surface area contributed by atoms with Gasteiger partial charge in [-0.25, -0.2) is 8.78 Å². The summed E-state index contributed by atoms with van der Waals surface area (Å²) in [6.07, 6.45) is 1.52. The first-order valence-corrected chi connectivity index (χ1v) is 5.18. The third-order valence-corrected chi connectivity index (χ3v) is 2.60. The number of hydrogen-bond acceptors (Lipinski definition) is 1. The van der Waals surface area contributed by atoms with E-state index < -0.39 is 11.6 Å². The molecule has 4 heteroatoms. The monoisotopic (exact) mass is 235 g/mol. The van der Waals surface area contributed by atoms with E-state index in [1.807, 2.05) is 0 Å². The topological polar surface area (TPSA) is 22.0 Å². The highest BCUT2D eigenvalue weighted by molar-refractivity contribution is 5.20. The number of aromatic nitrogens is 1. The van der Waals surface area contributed by atoms with Gasteiger partial charge in [-0.3, -0.25) is 4.79 Å². The molecule has 1 heterocycles. The number of halogens is 2. The Kier molecular flexibility index (Phi) is 3.04. The van der Waals surface area contributed by atoms with Gasteiger partial charge in [-0.2, -0.15) is 0 Å². The van der Waals surface area contributed by atoms with E-state index in [-0.39, 0.29) is 17.7 Å². The summed E-state index contributed by atoms with van der Waals surface area (Å²) < 4.78 is 28.1. The quantitative estimate of drug-likeness (QED) is 0.783. The van der Waals surface area contributed by atoms with E-state index in [4.69, 9.17) is 0 Å². The van der Waals surface area contributed by atoms with Crippen LogP contribution in [0.2, 0.25) is 0 Å². The molecule has 2 aromatic rings. The van der Waals surface area contributed by atoms with Gasteiger partial charge in [-0.05, 0) is 25.1 Å². The first-order chi connectivity index (χ1) is 8.09. The van der Waals surface area contributed by atoms with Crippen LogP contribution < -0.4 is 5.56 Å². The zero-order chi connectivity index (χ0) is 12.4. The van der Waals surface area contributed by atoms with E-state index in [0.717, 1.165) is 0 Å². The van der Waals surface area contributed by atoms with Crippen molar-refractivity contribution in [3.8, 4) is 0 Å². The summed E-state index contributed by atoms with van der Waals surface area (Å²) in [5.41, 5.74) is 0.208. The van der Waals surface area contributed by atoms with Crippen molar-refractivity contribution >= 4 is 0 Å². The Morgan fingerprint density at radius 3 is 2.41 bits per heavy atom. The van der Waals surface area contributed by atoms with Gasteiger partial charge in [0.25, 0.3) is 5.56 Å². The van der Waals surface area contributed by atoms with Crippen LogP contribution in [-0.2, 0) is 6.54 Å². The highest BCUT2D eigenvalue weighted by Gasteiger charge is 2.09. The van der Waals surface area contributed by atoms with E-state index in [0.29, 0.717) is 5.56 Å². The van der Waals surface area contributed by atoms with Crippen molar-refractivity contribution in [1.29, 1.82) is 0 Å². The van der Waals surface area contributed by atoms with Gasteiger partial charge in [-0.15, -0.1) is 0 Å². The largest absolute Gasteiger partial charge is 0.311 e. The minimum absolute atomic E-state index is 0.0970. The fourth-order valence-corrected chi connectivity index (χ4v) is 1.64. The van der Waals surface area contributed by atoms with E-state index >= 15 is 0 Å². The number of pyridine rings is 1. The summed E-state index contributed by atoms with van der Waals surface area (Å²) >= 11 is 0. The second-order valence-corrected chi connectivity index (χ2v) is 3.82. The average Bonchev–Trinajstić information content (AvgIpc) is 2.29. The molecule has 0 aliphatic heterocycles. The SMILES string of the molecule is Cc1cccn(Cc2c(F)cccc2F)c1=O. The number of benzene rings is 1. The predicted molar refractivity (Wildman–Crippen MR) is 60.9 cm³/mol. The molecule has 1 aromatic heterocycles. The minimum atomic E-state index is -0.640. The minimum Gasteiger partial charge on any atom is -0.311 e. The normalized spacial score (nSPS) is 10.5. The molecule has 0 saturated carbocycles. The smallest absolute Gasteiger partial charge is 0.253 e. The van der Waals surface area contributed by atoms with Gasteiger partial charge in [-0.1, -0.05) is 12.1 Å². The number of rotatable bonds is 2. The number of nitrogens with zero attached hydrogens (tertiary/aromatic N) is 1. The van der Waals surface area contributed by atoms with Gasteiger partial charge in [0.1, 0.15) is 11.6 Å². The van der Waals surface area contributed by atoms with E-state index in [9.17, 15) is 13.6 Å². The van der Waals surface area contributed by atoms with Gasteiger partial charge in [0.2, 0.25) is 0 Å². The second-order valence-electron chi connectivity index (χ2n) is 3.82. The molecule has 0 fully saturated rings. The first-order valence-electron chi connectivity index (χ1n) is 5.18. The van der Waals surface area contributed by atoms with Crippen LogP contribution in [0.15, 0.2) is 41.3 Å². The van der Waals surface area contributed by atoms with Gasteiger partial charge in [0, 0.05) is 17.3 Å². The highest BCUT2D eigenvalue weighted by Crippen LogP contribution is 2.12. The lowest BCUT2D eigenvalue weighted by atomic mass is 10.2. The maximum Gasteiger partial charge on any atom is 0.253 e. The van der Waals surface area contributed by atoms with Gasteiger partial charge in [0.15, 0.2) is 0 Å². The molecule has 88 valence electrons. The summed E-state index contributed by atoms with van der Waals surface area (Å²) in [4.78, 5) is 11.7. The third kappa shape index (κ3) is 2.25. The molecule has 0 saturated heterocycles. The summed E-state index contributed by atoms with van der Waals surface area (Å²) in [5, 5.41) is 0. The molecule has 0 spiro atoms. The molecule has 0 aliphatic carbocycles. The molecule has 2 nitrogen and oxygen atoms in total. The molecule has 17 heavy (non-hydrogen) atoms. The zero-order valence-electron chi connectivity index (χ0n) is 9.28. The Bertz CT molecular complexity index is 584. The lowest BCUT2D eigenvalue weighted by Crippen LogP contribution is -2.22. The van der Waals surface area contributed by atoms with Crippen molar-refractivity contribution in [1.82, 2.24) is 4.57 Å². The standard InChI is InChI=1S/C13H11F2NO/c1-9-4-3-7-16(13(9)17)8-10-11(14)5-2-6-12(10)15/h2-7H,8H2,1H3. The number of hydrogen-bond donors (Lipinski definition) is 0. The summed E-state index contributed by atoms with van der Waals surface area (Å²) in [6.45, 7) is 1.57. The van der Waals surface area contributed by atoms with Gasteiger partial charge in [0.05, 0.1) is 6.54 Å². The van der Waals surface area contributed by atoms with Crippen LogP contribution in [0.3, 0.4) is 0 Å². The Morgan fingerprint density at radius 1 is 1.12 bits per heavy atom. The Labute approximate surface area is 97.1 Å². The average molecular weight is 235 g/mol. The summed E-state index contributed by atoms with van der Waals surface area (Å²) in [7, 11) is 0. The van der Waals surface area contributed by atoms with E-state index in [2.05, 4.69) is 0 Å². The summed E-state index contributed by atoms with van der Waals surface area (Å²) in [5.74, 6) is -1.28. The lowest BCUT2D eigenvalue weighted by Gasteiger charge is -2.08. The van der Waals surface area contributed by atoms with Crippen LogP contribution in [0, 0.1) is 18.6 Å². The van der Waals surface area contributed by atoms with Crippen LogP contribution >= 0.6 is 0 Å². The van der Waals surface area contributed by atoms with Crippen LogP contribution in [0.5, 0.6) is 0 Å². The molecule has 2 rings (SSSR count). The van der Waals surface area contributed by atoms with Crippen molar-refractivity contribution in [3.63, 3.8) is 0 Å². The molecule has 0 amide bonds. The second kappa shape index (κ2) is 4.49. The zero-order valence-corrected chi connectivity index (χ0v) is 9.28. The fourth-order valence-electron chi connectivity index (χ4n) is 1.64. The van der Waals surface area contributed by atoms with Crippen molar-refractivity contribution in [3.05, 3.63) is 69.6 Å². The summed E-state index contributed by atoms with van der Waals surface area (Å²) in [6, 6.07) is 7.00. The molecular formula is C13H11F2NO. The highest BCUT2D eigenvalue weighted by atomic mass is 19.1. The Morgan fingerprint density at radius 2 is 1.76 bits per heavy atom. The third-order valence-electron chi connectivity index (χ3n) is 2.60. The Hall–Kier alpha value is -1.97. The van der Waals surface area contributed by atoms with E-state index in [1.54, 1.807) is 19.1 Å². The predicted octanol–water partition coefficient (Wildman–Crippen LogP) is 2.48. The fraction of sp³-hybridized carbons (Fsp3) is 0.154. The van der Waals surface area contributed by atoms with Gasteiger partial charge < -0.3 is 4.57 Å². The molecule has 0 radical (unpaired) electrons. The molecular weight excluding hydrogens is 224 g/mol. The van der Waals surface area contributed by atoms with Gasteiger partial charge >= 0.3 is 0 Å². The van der Waals surface area contributed by atoms with Crippen molar-refractivity contribution in [2.75, 3.05) is 0 Å². The molecule has 1 aromatic carbocycles. The maximum atomic E-state index is 13.4. The molecule has 0 N–H and O–H groups in total. The molecule has 0 atom stereocenters. The van der Waals surface area contributed by atoms with Crippen molar-refractivity contribution in [2.45, 2.75) is 13.5 Å². The molecule has 0 bridgehead atoms. The molecule has 0 unspecified atom stereocenters. The van der Waals surface area contributed by atoms with Crippen LogP contribution in [0.1, 0.15) is 11.1 Å². The lowest BCUT2D eigenvalue weighted by molar-refractivity contribution is 0.541. The Balaban J connectivity index is 2.45.